The lowest BCUT2D eigenvalue weighted by atomic mass is 10.0. The summed E-state index contributed by atoms with van der Waals surface area (Å²) in [5.41, 5.74) is 3.20. The molecule has 3 N–H and O–H groups in total. The SMILES string of the molecule is CN(C)C1CCN(c2ccc(Nc3ncc(Br)c(Nc4ccccc4NS(=O)(=O)C4CC4)n3)cc2)CC1. The summed E-state index contributed by atoms with van der Waals surface area (Å²) in [6, 6.07) is 16.2. The third-order valence-corrected chi connectivity index (χ3v) is 9.26. The molecule has 3 aromatic rings. The predicted molar refractivity (Wildman–Crippen MR) is 154 cm³/mol. The highest BCUT2D eigenvalue weighted by atomic mass is 79.9. The van der Waals surface area contributed by atoms with Crippen LogP contribution in [0.2, 0.25) is 0 Å². The minimum Gasteiger partial charge on any atom is -0.371 e. The van der Waals surface area contributed by atoms with Gasteiger partial charge in [-0.15, -0.1) is 0 Å². The molecule has 0 unspecified atom stereocenters. The van der Waals surface area contributed by atoms with Crippen molar-refractivity contribution in [1.29, 1.82) is 0 Å². The van der Waals surface area contributed by atoms with Gasteiger partial charge in [0.2, 0.25) is 16.0 Å². The molecule has 0 atom stereocenters. The standard InChI is InChI=1S/C26H32BrN7O2S/c1-33(2)19-13-15-34(16-14-19)20-9-7-18(8-10-20)29-26-28-17-22(27)25(31-26)30-23-5-3-4-6-24(23)32-37(35,36)21-11-12-21/h3-10,17,19,21,32H,11-16H2,1-2H3,(H2,28,29,30,31). The van der Waals surface area contributed by atoms with Crippen molar-refractivity contribution in [3.05, 3.63) is 59.2 Å². The number of para-hydroxylation sites is 2. The lowest BCUT2D eigenvalue weighted by Crippen LogP contribution is -2.41. The van der Waals surface area contributed by atoms with Crippen LogP contribution in [0.5, 0.6) is 0 Å². The van der Waals surface area contributed by atoms with Crippen molar-refractivity contribution in [2.24, 2.45) is 0 Å². The summed E-state index contributed by atoms with van der Waals surface area (Å²) in [7, 11) is 0.923. The first kappa shape index (κ1) is 25.7. The van der Waals surface area contributed by atoms with Gasteiger partial charge in [0.05, 0.1) is 21.1 Å². The predicted octanol–water partition coefficient (Wildman–Crippen LogP) is 5.16. The van der Waals surface area contributed by atoms with Crippen LogP contribution in [0.15, 0.2) is 59.2 Å². The van der Waals surface area contributed by atoms with Crippen LogP contribution in [0.3, 0.4) is 0 Å². The molecule has 1 saturated carbocycles. The number of aromatic nitrogens is 2. The lowest BCUT2D eigenvalue weighted by molar-refractivity contribution is 0.249. The van der Waals surface area contributed by atoms with Gasteiger partial charge in [-0.3, -0.25) is 4.72 Å². The van der Waals surface area contributed by atoms with E-state index in [0.29, 0.717) is 46.5 Å². The van der Waals surface area contributed by atoms with Crippen molar-refractivity contribution >= 4 is 60.5 Å². The second-order valence-corrected chi connectivity index (χ2v) is 12.6. The summed E-state index contributed by atoms with van der Waals surface area (Å²) in [5, 5.41) is 6.20. The van der Waals surface area contributed by atoms with Crippen molar-refractivity contribution in [3.63, 3.8) is 0 Å². The van der Waals surface area contributed by atoms with Crippen molar-refractivity contribution in [1.82, 2.24) is 14.9 Å². The molecule has 1 aromatic heterocycles. The maximum atomic E-state index is 12.5. The van der Waals surface area contributed by atoms with E-state index in [-0.39, 0.29) is 5.25 Å². The summed E-state index contributed by atoms with van der Waals surface area (Å²) in [6.45, 7) is 2.11. The van der Waals surface area contributed by atoms with Crippen LogP contribution < -0.4 is 20.3 Å². The number of hydrogen-bond acceptors (Lipinski definition) is 8. The molecule has 1 aliphatic heterocycles. The number of sulfonamides is 1. The van der Waals surface area contributed by atoms with E-state index in [0.717, 1.165) is 18.8 Å². The van der Waals surface area contributed by atoms with Crippen LogP contribution >= 0.6 is 15.9 Å². The molecule has 196 valence electrons. The number of nitrogens with one attached hydrogen (secondary N) is 3. The van der Waals surface area contributed by atoms with E-state index >= 15 is 0 Å². The average Bonchev–Trinajstić information content (AvgIpc) is 3.74. The number of halogens is 1. The molecular weight excluding hydrogens is 554 g/mol. The highest BCUT2D eigenvalue weighted by Gasteiger charge is 2.36. The maximum absolute atomic E-state index is 12.5. The molecule has 11 heteroatoms. The molecule has 1 aliphatic carbocycles. The Morgan fingerprint density at radius 1 is 0.946 bits per heavy atom. The minimum absolute atomic E-state index is 0.307. The molecule has 9 nitrogen and oxygen atoms in total. The van der Waals surface area contributed by atoms with Crippen LogP contribution in [0.1, 0.15) is 25.7 Å². The molecule has 2 fully saturated rings. The topological polar surface area (TPSA) is 102 Å². The summed E-state index contributed by atoms with van der Waals surface area (Å²) in [5.74, 6) is 0.956. The quantitative estimate of drug-likeness (QED) is 0.316. The van der Waals surface area contributed by atoms with E-state index in [1.54, 1.807) is 18.3 Å². The van der Waals surface area contributed by atoms with Gasteiger partial charge in [-0.05, 0) is 92.1 Å². The summed E-state index contributed by atoms with van der Waals surface area (Å²) >= 11 is 3.50. The highest BCUT2D eigenvalue weighted by Crippen LogP contribution is 2.34. The fourth-order valence-electron chi connectivity index (χ4n) is 4.46. The molecule has 5 rings (SSSR count). The Morgan fingerprint density at radius 3 is 2.27 bits per heavy atom. The van der Waals surface area contributed by atoms with E-state index in [9.17, 15) is 8.42 Å². The molecule has 0 bridgehead atoms. The molecule has 2 heterocycles. The van der Waals surface area contributed by atoms with Gasteiger partial charge in [-0.25, -0.2) is 13.4 Å². The van der Waals surface area contributed by atoms with Crippen LogP contribution in [-0.2, 0) is 10.0 Å². The Kier molecular flexibility index (Phi) is 7.55. The van der Waals surface area contributed by atoms with Crippen LogP contribution in [0, 0.1) is 0 Å². The van der Waals surface area contributed by atoms with E-state index in [1.165, 1.54) is 18.5 Å². The Hall–Kier alpha value is -2.89. The number of benzene rings is 2. The fraction of sp³-hybridized carbons (Fsp3) is 0.385. The van der Waals surface area contributed by atoms with Gasteiger partial charge >= 0.3 is 0 Å². The zero-order valence-electron chi connectivity index (χ0n) is 21.0. The smallest absolute Gasteiger partial charge is 0.235 e. The first-order valence-electron chi connectivity index (χ1n) is 12.5. The molecular formula is C26H32BrN7O2S. The van der Waals surface area contributed by atoms with Crippen LogP contribution in [0.25, 0.3) is 0 Å². The molecule has 0 amide bonds. The van der Waals surface area contributed by atoms with Gasteiger partial charge in [0.1, 0.15) is 5.82 Å². The van der Waals surface area contributed by atoms with Gasteiger partial charge < -0.3 is 20.4 Å². The van der Waals surface area contributed by atoms with E-state index in [1.807, 2.05) is 24.3 Å². The Labute approximate surface area is 226 Å². The van der Waals surface area contributed by atoms with Gasteiger partial charge in [-0.2, -0.15) is 4.98 Å². The normalized spacial score (nSPS) is 16.6. The van der Waals surface area contributed by atoms with Crippen molar-refractivity contribution in [2.45, 2.75) is 37.0 Å². The molecule has 0 radical (unpaired) electrons. The molecule has 1 saturated heterocycles. The number of hydrogen-bond donors (Lipinski definition) is 3. The molecule has 2 aromatic carbocycles. The number of nitrogens with zero attached hydrogens (tertiary/aromatic N) is 4. The molecule has 2 aliphatic rings. The largest absolute Gasteiger partial charge is 0.371 e. The van der Waals surface area contributed by atoms with Crippen molar-refractivity contribution in [2.75, 3.05) is 47.4 Å². The van der Waals surface area contributed by atoms with Crippen molar-refractivity contribution in [3.8, 4) is 0 Å². The number of rotatable bonds is 9. The van der Waals surface area contributed by atoms with Crippen molar-refractivity contribution < 1.29 is 8.42 Å². The summed E-state index contributed by atoms with van der Waals surface area (Å²) < 4.78 is 28.3. The first-order valence-corrected chi connectivity index (χ1v) is 14.8. The second kappa shape index (κ2) is 10.8. The van der Waals surface area contributed by atoms with Gasteiger partial charge in [0.25, 0.3) is 0 Å². The zero-order chi connectivity index (χ0) is 26.0. The third-order valence-electron chi connectivity index (χ3n) is 6.82. The second-order valence-electron chi connectivity index (χ2n) is 9.76. The minimum atomic E-state index is -3.38. The summed E-state index contributed by atoms with van der Waals surface area (Å²) in [4.78, 5) is 13.7. The monoisotopic (exact) mass is 585 g/mol. The molecule has 37 heavy (non-hydrogen) atoms. The Balaban J connectivity index is 1.26. The average molecular weight is 587 g/mol. The van der Waals surface area contributed by atoms with E-state index in [4.69, 9.17) is 0 Å². The third kappa shape index (κ3) is 6.34. The van der Waals surface area contributed by atoms with Crippen LogP contribution in [-0.4, -0.2) is 61.8 Å². The lowest BCUT2D eigenvalue weighted by Gasteiger charge is -2.36. The Morgan fingerprint density at radius 2 is 1.62 bits per heavy atom. The highest BCUT2D eigenvalue weighted by molar-refractivity contribution is 9.10. The van der Waals surface area contributed by atoms with Gasteiger partial charge in [0.15, 0.2) is 0 Å². The van der Waals surface area contributed by atoms with Crippen LogP contribution in [0.4, 0.5) is 34.5 Å². The van der Waals surface area contributed by atoms with Gasteiger partial charge in [-0.1, -0.05) is 12.1 Å². The first-order chi connectivity index (χ1) is 17.8. The maximum Gasteiger partial charge on any atom is 0.235 e. The van der Waals surface area contributed by atoms with Gasteiger partial charge in [0, 0.05) is 36.7 Å². The Bertz CT molecular complexity index is 1340. The fourth-order valence-corrected chi connectivity index (χ4v) is 6.16. The number of anilines is 6. The molecule has 0 spiro atoms. The zero-order valence-corrected chi connectivity index (χ0v) is 23.4. The van der Waals surface area contributed by atoms with E-state index in [2.05, 4.69) is 77.3 Å². The summed E-state index contributed by atoms with van der Waals surface area (Å²) in [6.07, 6.45) is 5.40. The number of piperidine rings is 1. The van der Waals surface area contributed by atoms with E-state index < -0.39 is 10.0 Å².